The molecule has 128 valence electrons. The molecule has 1 N–H and O–H groups in total. The van der Waals surface area contributed by atoms with Gasteiger partial charge in [0.25, 0.3) is 5.91 Å². The minimum atomic E-state index is -0.470. The molecule has 0 aliphatic carbocycles. The number of benzene rings is 1. The van der Waals surface area contributed by atoms with Crippen LogP contribution in [-0.2, 0) is 4.74 Å². The van der Waals surface area contributed by atoms with Crippen LogP contribution in [0.15, 0.2) is 35.7 Å². The Morgan fingerprint density at radius 3 is 2.54 bits per heavy atom. The summed E-state index contributed by atoms with van der Waals surface area (Å²) in [7, 11) is 1.31. The summed E-state index contributed by atoms with van der Waals surface area (Å²) in [5.41, 5.74) is 0.854. The summed E-state index contributed by atoms with van der Waals surface area (Å²) in [6.07, 6.45) is 3.32. The summed E-state index contributed by atoms with van der Waals surface area (Å²) < 4.78 is 10.3. The van der Waals surface area contributed by atoms with E-state index in [1.54, 1.807) is 35.7 Å². The van der Waals surface area contributed by atoms with Crippen molar-refractivity contribution in [1.82, 2.24) is 0 Å². The monoisotopic (exact) mass is 347 g/mol. The minimum absolute atomic E-state index is 0.278. The summed E-state index contributed by atoms with van der Waals surface area (Å²) in [4.78, 5) is 23.9. The molecule has 0 unspecified atom stereocenters. The number of ether oxygens (including phenoxy) is 2. The molecule has 0 saturated heterocycles. The highest BCUT2D eigenvalue weighted by atomic mass is 32.1. The third kappa shape index (κ3) is 4.83. The average Bonchev–Trinajstić information content (AvgIpc) is 3.06. The number of carbonyl (C=O) groups excluding carboxylic acids is 2. The zero-order valence-electron chi connectivity index (χ0n) is 13.8. The van der Waals surface area contributed by atoms with Gasteiger partial charge in [0.2, 0.25) is 0 Å². The Hall–Kier alpha value is -2.34. The minimum Gasteiger partial charge on any atom is -0.494 e. The van der Waals surface area contributed by atoms with Crippen molar-refractivity contribution < 1.29 is 19.1 Å². The Kier molecular flexibility index (Phi) is 6.81. The number of thiophene rings is 1. The van der Waals surface area contributed by atoms with Crippen LogP contribution in [0.5, 0.6) is 5.75 Å². The van der Waals surface area contributed by atoms with E-state index in [-0.39, 0.29) is 5.91 Å². The summed E-state index contributed by atoms with van der Waals surface area (Å²) in [6.45, 7) is 2.82. The predicted octanol–water partition coefficient (Wildman–Crippen LogP) is 4.36. The van der Waals surface area contributed by atoms with Crippen molar-refractivity contribution in [2.24, 2.45) is 0 Å². The van der Waals surface area contributed by atoms with E-state index in [0.29, 0.717) is 22.7 Å². The maximum Gasteiger partial charge on any atom is 0.340 e. The highest BCUT2D eigenvalue weighted by molar-refractivity contribution is 7.14. The lowest BCUT2D eigenvalue weighted by molar-refractivity contribution is 0.0602. The van der Waals surface area contributed by atoms with E-state index < -0.39 is 5.97 Å². The van der Waals surface area contributed by atoms with Crippen molar-refractivity contribution in [3.8, 4) is 5.75 Å². The largest absolute Gasteiger partial charge is 0.494 e. The second-order valence-corrected chi connectivity index (χ2v) is 6.11. The summed E-state index contributed by atoms with van der Waals surface area (Å²) in [5.74, 6) is -0.00320. The molecule has 2 aromatic rings. The number of amides is 1. The molecule has 0 saturated carbocycles. The quantitative estimate of drug-likeness (QED) is 0.569. The molecule has 0 spiro atoms. The molecule has 0 fully saturated rings. The van der Waals surface area contributed by atoms with Gasteiger partial charge in [0.15, 0.2) is 0 Å². The predicted molar refractivity (Wildman–Crippen MR) is 95.1 cm³/mol. The molecule has 1 amide bonds. The van der Waals surface area contributed by atoms with Gasteiger partial charge in [-0.25, -0.2) is 4.79 Å². The van der Waals surface area contributed by atoms with E-state index in [1.807, 2.05) is 0 Å². The van der Waals surface area contributed by atoms with E-state index in [2.05, 4.69) is 12.2 Å². The second kappa shape index (κ2) is 9.08. The first kappa shape index (κ1) is 18.0. The number of carbonyl (C=O) groups is 2. The van der Waals surface area contributed by atoms with Crippen molar-refractivity contribution in [2.75, 3.05) is 19.0 Å². The van der Waals surface area contributed by atoms with E-state index in [0.717, 1.165) is 25.0 Å². The Morgan fingerprint density at radius 1 is 1.12 bits per heavy atom. The molecule has 0 radical (unpaired) electrons. The van der Waals surface area contributed by atoms with Crippen LogP contribution in [0.3, 0.4) is 0 Å². The Bertz CT molecular complexity index is 679. The molecular weight excluding hydrogens is 326 g/mol. The number of unbranched alkanes of at least 4 members (excludes halogenated alkanes) is 2. The molecule has 6 heteroatoms. The fourth-order valence-corrected chi connectivity index (χ4v) is 2.87. The number of nitrogens with one attached hydrogen (secondary N) is 1. The summed E-state index contributed by atoms with van der Waals surface area (Å²) in [6, 6.07) is 8.58. The molecule has 0 aliphatic heterocycles. The third-order valence-electron chi connectivity index (χ3n) is 3.43. The van der Waals surface area contributed by atoms with Crippen molar-refractivity contribution in [2.45, 2.75) is 26.2 Å². The molecule has 1 aromatic carbocycles. The molecule has 1 aromatic heterocycles. The lowest BCUT2D eigenvalue weighted by Gasteiger charge is -2.08. The number of esters is 1. The highest BCUT2D eigenvalue weighted by Gasteiger charge is 2.16. The second-order valence-electron chi connectivity index (χ2n) is 5.19. The van der Waals surface area contributed by atoms with Crippen LogP contribution in [0, 0.1) is 0 Å². The van der Waals surface area contributed by atoms with E-state index >= 15 is 0 Å². The first-order chi connectivity index (χ1) is 11.7. The Balaban J connectivity index is 1.95. The number of methoxy groups -OCH3 is 1. The Morgan fingerprint density at radius 2 is 1.88 bits per heavy atom. The number of hydrogen-bond donors (Lipinski definition) is 1. The van der Waals surface area contributed by atoms with Gasteiger partial charge in [-0.3, -0.25) is 4.79 Å². The van der Waals surface area contributed by atoms with E-state index in [9.17, 15) is 9.59 Å². The van der Waals surface area contributed by atoms with Gasteiger partial charge in [-0.2, -0.15) is 0 Å². The molecule has 0 aliphatic rings. The zero-order valence-corrected chi connectivity index (χ0v) is 14.7. The van der Waals surface area contributed by atoms with Gasteiger partial charge in [0.05, 0.1) is 19.3 Å². The first-order valence-electron chi connectivity index (χ1n) is 7.85. The van der Waals surface area contributed by atoms with E-state index in [1.165, 1.54) is 18.4 Å². The topological polar surface area (TPSA) is 64.6 Å². The van der Waals surface area contributed by atoms with Gasteiger partial charge >= 0.3 is 5.97 Å². The normalized spacial score (nSPS) is 10.2. The molecule has 0 atom stereocenters. The molecule has 0 bridgehead atoms. The van der Waals surface area contributed by atoms with Gasteiger partial charge in [-0.05, 0) is 42.1 Å². The summed E-state index contributed by atoms with van der Waals surface area (Å²) in [5, 5.41) is 4.95. The van der Waals surface area contributed by atoms with Crippen molar-refractivity contribution in [3.05, 3.63) is 46.8 Å². The SMILES string of the molecule is CCCCCOc1ccc(C(=O)Nc2sccc2C(=O)OC)cc1. The van der Waals surface area contributed by atoms with Crippen LogP contribution >= 0.6 is 11.3 Å². The van der Waals surface area contributed by atoms with Crippen molar-refractivity contribution in [3.63, 3.8) is 0 Å². The molecule has 24 heavy (non-hydrogen) atoms. The average molecular weight is 347 g/mol. The molecule has 2 rings (SSSR count). The Labute approximate surface area is 145 Å². The molecular formula is C18H21NO4S. The van der Waals surface area contributed by atoms with E-state index in [4.69, 9.17) is 9.47 Å². The van der Waals surface area contributed by atoms with Gasteiger partial charge < -0.3 is 14.8 Å². The number of anilines is 1. The van der Waals surface area contributed by atoms with Crippen LogP contribution in [-0.4, -0.2) is 25.6 Å². The third-order valence-corrected chi connectivity index (χ3v) is 4.26. The van der Waals surface area contributed by atoms with Crippen LogP contribution in [0.1, 0.15) is 46.9 Å². The fraction of sp³-hybridized carbons (Fsp3) is 0.333. The lowest BCUT2D eigenvalue weighted by atomic mass is 10.2. The van der Waals surface area contributed by atoms with Gasteiger partial charge in [-0.1, -0.05) is 19.8 Å². The van der Waals surface area contributed by atoms with Crippen LogP contribution in [0.2, 0.25) is 0 Å². The molecule has 1 heterocycles. The van der Waals surface area contributed by atoms with Gasteiger partial charge in [-0.15, -0.1) is 11.3 Å². The van der Waals surface area contributed by atoms with Gasteiger partial charge in [0, 0.05) is 5.56 Å². The smallest absolute Gasteiger partial charge is 0.340 e. The number of rotatable bonds is 8. The fourth-order valence-electron chi connectivity index (χ4n) is 2.10. The zero-order chi connectivity index (χ0) is 17.4. The lowest BCUT2D eigenvalue weighted by Crippen LogP contribution is -2.13. The molecule has 5 nitrogen and oxygen atoms in total. The summed E-state index contributed by atoms with van der Waals surface area (Å²) >= 11 is 1.28. The highest BCUT2D eigenvalue weighted by Crippen LogP contribution is 2.25. The maximum atomic E-state index is 12.3. The van der Waals surface area contributed by atoms with Crippen LogP contribution < -0.4 is 10.1 Å². The first-order valence-corrected chi connectivity index (χ1v) is 8.73. The van der Waals surface area contributed by atoms with Crippen LogP contribution in [0.25, 0.3) is 0 Å². The van der Waals surface area contributed by atoms with Crippen molar-refractivity contribution in [1.29, 1.82) is 0 Å². The van der Waals surface area contributed by atoms with Crippen LogP contribution in [0.4, 0.5) is 5.00 Å². The van der Waals surface area contributed by atoms with Gasteiger partial charge in [0.1, 0.15) is 10.8 Å². The number of hydrogen-bond acceptors (Lipinski definition) is 5. The standard InChI is InChI=1S/C18H21NO4S/c1-3-4-5-11-23-14-8-6-13(7-9-14)16(20)19-17-15(10-12-24-17)18(21)22-2/h6-10,12H,3-5,11H2,1-2H3,(H,19,20). The van der Waals surface area contributed by atoms with Crippen molar-refractivity contribution >= 4 is 28.2 Å². The maximum absolute atomic E-state index is 12.3.